The summed E-state index contributed by atoms with van der Waals surface area (Å²) in [6.45, 7) is 1.95. The van der Waals surface area contributed by atoms with Crippen molar-refractivity contribution in [3.63, 3.8) is 0 Å². The number of hydrogen-bond donors (Lipinski definition) is 2. The largest absolute Gasteiger partial charge is 0.465 e. The second-order valence-electron chi connectivity index (χ2n) is 4.89. The molecular weight excluding hydrogens is 294 g/mol. The van der Waals surface area contributed by atoms with Gasteiger partial charge in [-0.2, -0.15) is 0 Å². The molecule has 0 aliphatic carbocycles. The summed E-state index contributed by atoms with van der Waals surface area (Å²) >= 11 is 0. The van der Waals surface area contributed by atoms with Gasteiger partial charge in [-0.15, -0.1) is 0 Å². The van der Waals surface area contributed by atoms with Crippen LogP contribution in [0, 0.1) is 0 Å². The van der Waals surface area contributed by atoms with Gasteiger partial charge < -0.3 is 15.4 Å². The molecule has 0 aliphatic heterocycles. The fourth-order valence-corrected chi connectivity index (χ4v) is 2.01. The van der Waals surface area contributed by atoms with Crippen molar-refractivity contribution >= 4 is 29.1 Å². The van der Waals surface area contributed by atoms with Gasteiger partial charge in [-0.1, -0.05) is 19.1 Å². The number of methoxy groups -OCH3 is 1. The van der Waals surface area contributed by atoms with Crippen LogP contribution in [0.3, 0.4) is 0 Å². The summed E-state index contributed by atoms with van der Waals surface area (Å²) < 4.78 is 4.75. The van der Waals surface area contributed by atoms with Crippen LogP contribution in [-0.4, -0.2) is 24.0 Å². The molecule has 120 valence electrons. The summed E-state index contributed by atoms with van der Waals surface area (Å²) in [6, 6.07) is 10.5. The van der Waals surface area contributed by atoms with Crippen molar-refractivity contribution in [1.29, 1.82) is 0 Å². The molecule has 0 saturated carbocycles. The number of hydrogen-bond acceptors (Lipinski definition) is 5. The first-order valence-corrected chi connectivity index (χ1v) is 7.34. The molecule has 0 radical (unpaired) electrons. The highest BCUT2D eigenvalue weighted by molar-refractivity contribution is 5.96. The number of pyridine rings is 1. The van der Waals surface area contributed by atoms with Gasteiger partial charge in [0, 0.05) is 6.42 Å². The normalized spacial score (nSPS) is 10.0. The highest BCUT2D eigenvalue weighted by Crippen LogP contribution is 2.21. The van der Waals surface area contributed by atoms with E-state index in [1.54, 1.807) is 36.5 Å². The predicted molar refractivity (Wildman–Crippen MR) is 88.8 cm³/mol. The Kier molecular flexibility index (Phi) is 5.68. The summed E-state index contributed by atoms with van der Waals surface area (Å²) in [5, 5.41) is 5.84. The summed E-state index contributed by atoms with van der Waals surface area (Å²) in [5.41, 5.74) is 1.67. The minimum Gasteiger partial charge on any atom is -0.465 e. The lowest BCUT2D eigenvalue weighted by molar-refractivity contribution is -0.116. The molecule has 2 rings (SSSR count). The van der Waals surface area contributed by atoms with Gasteiger partial charge in [0.1, 0.15) is 5.82 Å². The van der Waals surface area contributed by atoms with Crippen molar-refractivity contribution < 1.29 is 14.3 Å². The number of para-hydroxylation sites is 1. The van der Waals surface area contributed by atoms with E-state index in [-0.39, 0.29) is 5.91 Å². The van der Waals surface area contributed by atoms with Gasteiger partial charge in [-0.05, 0) is 30.7 Å². The number of carbonyl (C=O) groups excluding carboxylic acids is 2. The van der Waals surface area contributed by atoms with Gasteiger partial charge in [-0.3, -0.25) is 4.79 Å². The summed E-state index contributed by atoms with van der Waals surface area (Å²) in [5.74, 6) is 0.109. The lowest BCUT2D eigenvalue weighted by Gasteiger charge is -2.10. The number of benzene rings is 1. The second kappa shape index (κ2) is 7.93. The average molecular weight is 313 g/mol. The Bertz CT molecular complexity index is 684. The predicted octanol–water partition coefficient (Wildman–Crippen LogP) is 3.35. The van der Waals surface area contributed by atoms with Crippen LogP contribution in [0.4, 0.5) is 17.2 Å². The van der Waals surface area contributed by atoms with Crippen LogP contribution in [0.1, 0.15) is 30.1 Å². The average Bonchev–Trinajstić information content (AvgIpc) is 2.56. The molecule has 6 nitrogen and oxygen atoms in total. The number of nitrogens with one attached hydrogen (secondary N) is 2. The molecule has 0 bridgehead atoms. The van der Waals surface area contributed by atoms with E-state index in [2.05, 4.69) is 15.6 Å². The minimum absolute atomic E-state index is 0.0361. The van der Waals surface area contributed by atoms with Crippen molar-refractivity contribution in [2.24, 2.45) is 0 Å². The molecule has 0 aliphatic rings. The Labute approximate surface area is 134 Å². The molecule has 2 aromatic rings. The van der Waals surface area contributed by atoms with Crippen molar-refractivity contribution in [3.05, 3.63) is 48.2 Å². The molecule has 1 aromatic heterocycles. The van der Waals surface area contributed by atoms with Crippen LogP contribution in [0.25, 0.3) is 0 Å². The van der Waals surface area contributed by atoms with E-state index < -0.39 is 5.97 Å². The van der Waals surface area contributed by atoms with Crippen LogP contribution < -0.4 is 10.6 Å². The zero-order valence-corrected chi connectivity index (χ0v) is 13.1. The van der Waals surface area contributed by atoms with Crippen molar-refractivity contribution in [2.45, 2.75) is 19.8 Å². The van der Waals surface area contributed by atoms with E-state index in [0.717, 1.165) is 6.42 Å². The molecule has 1 aromatic carbocycles. The SMILES string of the molecule is CCCC(=O)Nc1ccc(Nc2ccccc2C(=O)OC)nc1. The van der Waals surface area contributed by atoms with E-state index in [1.165, 1.54) is 7.11 Å². The molecule has 1 amide bonds. The molecule has 0 unspecified atom stereocenters. The molecule has 6 heteroatoms. The van der Waals surface area contributed by atoms with Gasteiger partial charge >= 0.3 is 5.97 Å². The molecule has 1 heterocycles. The fourth-order valence-electron chi connectivity index (χ4n) is 2.01. The van der Waals surface area contributed by atoms with Gasteiger partial charge in [0.2, 0.25) is 5.91 Å². The quantitative estimate of drug-likeness (QED) is 0.799. The number of carbonyl (C=O) groups is 2. The molecule has 23 heavy (non-hydrogen) atoms. The molecule has 0 spiro atoms. The van der Waals surface area contributed by atoms with Crippen molar-refractivity contribution in [3.8, 4) is 0 Å². The maximum absolute atomic E-state index is 11.7. The van der Waals surface area contributed by atoms with Gasteiger partial charge in [-0.25, -0.2) is 9.78 Å². The lowest BCUT2D eigenvalue weighted by atomic mass is 10.2. The third-order valence-electron chi connectivity index (χ3n) is 3.12. The highest BCUT2D eigenvalue weighted by Gasteiger charge is 2.11. The van der Waals surface area contributed by atoms with E-state index in [0.29, 0.717) is 29.2 Å². The highest BCUT2D eigenvalue weighted by atomic mass is 16.5. The Hall–Kier alpha value is -2.89. The number of ether oxygens (including phenoxy) is 1. The minimum atomic E-state index is -0.420. The Morgan fingerprint density at radius 3 is 2.61 bits per heavy atom. The van der Waals surface area contributed by atoms with Gasteiger partial charge in [0.15, 0.2) is 0 Å². The summed E-state index contributed by atoms with van der Waals surface area (Å²) in [7, 11) is 1.34. The summed E-state index contributed by atoms with van der Waals surface area (Å²) in [6.07, 6.45) is 2.84. The fraction of sp³-hybridized carbons (Fsp3) is 0.235. The lowest BCUT2D eigenvalue weighted by Crippen LogP contribution is -2.11. The van der Waals surface area contributed by atoms with Crippen molar-refractivity contribution in [2.75, 3.05) is 17.7 Å². The van der Waals surface area contributed by atoms with E-state index in [1.807, 2.05) is 13.0 Å². The number of esters is 1. The van der Waals surface area contributed by atoms with Crippen LogP contribution in [0.15, 0.2) is 42.6 Å². The first-order chi connectivity index (χ1) is 11.1. The van der Waals surface area contributed by atoms with Gasteiger partial charge in [0.05, 0.1) is 30.2 Å². The molecule has 0 saturated heterocycles. The zero-order chi connectivity index (χ0) is 16.7. The Morgan fingerprint density at radius 1 is 1.17 bits per heavy atom. The molecule has 0 fully saturated rings. The van der Waals surface area contributed by atoms with E-state index in [4.69, 9.17) is 4.74 Å². The molecular formula is C17H19N3O3. The topological polar surface area (TPSA) is 80.3 Å². The zero-order valence-electron chi connectivity index (χ0n) is 13.1. The van der Waals surface area contributed by atoms with Crippen LogP contribution in [0.2, 0.25) is 0 Å². The second-order valence-corrected chi connectivity index (χ2v) is 4.89. The maximum Gasteiger partial charge on any atom is 0.339 e. The number of amides is 1. The monoisotopic (exact) mass is 313 g/mol. The van der Waals surface area contributed by atoms with E-state index >= 15 is 0 Å². The third-order valence-corrected chi connectivity index (χ3v) is 3.12. The third kappa shape index (κ3) is 4.54. The standard InChI is InChI=1S/C17H19N3O3/c1-3-6-16(21)19-12-9-10-15(18-11-12)20-14-8-5-4-7-13(14)17(22)23-2/h4-5,7-11H,3,6H2,1-2H3,(H,18,20)(H,19,21). The Balaban J connectivity index is 2.10. The van der Waals surface area contributed by atoms with Gasteiger partial charge in [0.25, 0.3) is 0 Å². The van der Waals surface area contributed by atoms with Crippen molar-refractivity contribution in [1.82, 2.24) is 4.98 Å². The molecule has 2 N–H and O–H groups in total. The van der Waals surface area contributed by atoms with E-state index in [9.17, 15) is 9.59 Å². The number of aromatic nitrogens is 1. The smallest absolute Gasteiger partial charge is 0.339 e. The first kappa shape index (κ1) is 16.5. The number of nitrogens with zero attached hydrogens (tertiary/aromatic N) is 1. The van der Waals surface area contributed by atoms with Crippen LogP contribution in [-0.2, 0) is 9.53 Å². The number of rotatable bonds is 6. The molecule has 0 atom stereocenters. The number of anilines is 3. The summed E-state index contributed by atoms with van der Waals surface area (Å²) in [4.78, 5) is 27.5. The maximum atomic E-state index is 11.7. The Morgan fingerprint density at radius 2 is 1.96 bits per heavy atom. The van der Waals surface area contributed by atoms with Crippen LogP contribution >= 0.6 is 0 Å². The first-order valence-electron chi connectivity index (χ1n) is 7.34. The van der Waals surface area contributed by atoms with Crippen LogP contribution in [0.5, 0.6) is 0 Å².